The average molecular weight is 221 g/mol. The molecule has 1 rings (SSSR count). The number of hydrogen-bond donors (Lipinski definition) is 1. The second kappa shape index (κ2) is 4.43. The third kappa shape index (κ3) is 3.12. The number of alkyl halides is 2. The average Bonchev–Trinajstić information content (AvgIpc) is 2.07. The number of rotatable bonds is 3. The monoisotopic (exact) mass is 221 g/mol. The number of nitrogens with zero attached hydrogens (tertiary/aromatic N) is 1. The smallest absolute Gasteiger partial charge is 0.321 e. The summed E-state index contributed by atoms with van der Waals surface area (Å²) in [6.45, 7) is 3.93. The lowest BCUT2D eigenvalue weighted by Gasteiger charge is -2.37. The lowest BCUT2D eigenvalue weighted by molar-refractivity contribution is -0.148. The van der Waals surface area contributed by atoms with E-state index in [4.69, 9.17) is 5.11 Å². The van der Waals surface area contributed by atoms with Crippen LogP contribution in [0.5, 0.6) is 0 Å². The summed E-state index contributed by atoms with van der Waals surface area (Å²) in [5, 5.41) is 9.00. The highest BCUT2D eigenvalue weighted by Gasteiger charge is 2.38. The molecule has 0 spiro atoms. The zero-order valence-corrected chi connectivity index (χ0v) is 9.04. The van der Waals surface area contributed by atoms with Crippen molar-refractivity contribution in [2.45, 2.75) is 38.7 Å². The number of piperidine rings is 1. The molecule has 3 nitrogen and oxygen atoms in total. The molecule has 1 atom stereocenters. The molecule has 5 heteroatoms. The quantitative estimate of drug-likeness (QED) is 0.790. The van der Waals surface area contributed by atoms with Gasteiger partial charge in [0.2, 0.25) is 0 Å². The Labute approximate surface area is 88.1 Å². The van der Waals surface area contributed by atoms with E-state index in [0.29, 0.717) is 0 Å². The Kier molecular flexibility index (Phi) is 3.65. The van der Waals surface area contributed by atoms with E-state index in [1.807, 2.05) is 0 Å². The summed E-state index contributed by atoms with van der Waals surface area (Å²) in [6, 6.07) is -0.638. The maximum atomic E-state index is 12.9. The number of hydrogen-bond acceptors (Lipinski definition) is 2. The minimum atomic E-state index is -2.61. The lowest BCUT2D eigenvalue weighted by Crippen LogP contribution is -2.50. The SMILES string of the molecule is CC(C)C(C(=O)O)N1CCC(F)(F)CC1. The van der Waals surface area contributed by atoms with Crippen molar-refractivity contribution in [2.75, 3.05) is 13.1 Å². The van der Waals surface area contributed by atoms with Crippen LogP contribution in [0.3, 0.4) is 0 Å². The number of likely N-dealkylation sites (tertiary alicyclic amines) is 1. The molecular formula is C10H17F2NO2. The standard InChI is InChI=1S/C10H17F2NO2/c1-7(2)8(9(14)15)13-5-3-10(11,12)4-6-13/h7-8H,3-6H2,1-2H3,(H,14,15). The van der Waals surface area contributed by atoms with Crippen molar-refractivity contribution in [1.82, 2.24) is 4.90 Å². The fourth-order valence-electron chi connectivity index (χ4n) is 1.99. The molecule has 0 amide bonds. The first-order chi connectivity index (χ1) is 6.83. The first kappa shape index (κ1) is 12.4. The molecular weight excluding hydrogens is 204 g/mol. The molecule has 1 N–H and O–H groups in total. The molecule has 0 bridgehead atoms. The van der Waals surface area contributed by atoms with E-state index in [-0.39, 0.29) is 31.8 Å². The maximum Gasteiger partial charge on any atom is 0.321 e. The summed E-state index contributed by atoms with van der Waals surface area (Å²) in [6.07, 6.45) is -0.465. The van der Waals surface area contributed by atoms with Gasteiger partial charge in [-0.2, -0.15) is 0 Å². The van der Waals surface area contributed by atoms with Crippen molar-refractivity contribution in [2.24, 2.45) is 5.92 Å². The largest absolute Gasteiger partial charge is 0.480 e. The van der Waals surface area contributed by atoms with Crippen LogP contribution in [0.4, 0.5) is 8.78 Å². The van der Waals surface area contributed by atoms with Gasteiger partial charge in [0, 0.05) is 25.9 Å². The summed E-state index contributed by atoms with van der Waals surface area (Å²) >= 11 is 0. The van der Waals surface area contributed by atoms with Crippen LogP contribution >= 0.6 is 0 Å². The van der Waals surface area contributed by atoms with E-state index in [1.54, 1.807) is 18.7 Å². The predicted octanol–water partition coefficient (Wildman–Crippen LogP) is 1.83. The number of halogens is 2. The molecule has 0 aliphatic carbocycles. The summed E-state index contributed by atoms with van der Waals surface area (Å²) in [5.41, 5.74) is 0. The van der Waals surface area contributed by atoms with Crippen molar-refractivity contribution < 1.29 is 18.7 Å². The zero-order valence-electron chi connectivity index (χ0n) is 9.04. The van der Waals surface area contributed by atoms with Crippen molar-refractivity contribution in [3.8, 4) is 0 Å². The molecule has 0 aromatic rings. The Morgan fingerprint density at radius 3 is 2.13 bits per heavy atom. The molecule has 0 radical (unpaired) electrons. The summed E-state index contributed by atoms with van der Waals surface area (Å²) in [7, 11) is 0. The van der Waals surface area contributed by atoms with Gasteiger partial charge in [0.15, 0.2) is 0 Å². The van der Waals surface area contributed by atoms with Crippen LogP contribution in [0.2, 0.25) is 0 Å². The first-order valence-electron chi connectivity index (χ1n) is 5.18. The number of carboxylic acids is 1. The zero-order chi connectivity index (χ0) is 11.6. The molecule has 1 aliphatic heterocycles. The lowest BCUT2D eigenvalue weighted by atomic mass is 9.98. The topological polar surface area (TPSA) is 40.5 Å². The van der Waals surface area contributed by atoms with Crippen LogP contribution in [0, 0.1) is 5.92 Å². The summed E-state index contributed by atoms with van der Waals surface area (Å²) < 4.78 is 25.7. The van der Waals surface area contributed by atoms with E-state index >= 15 is 0 Å². The van der Waals surface area contributed by atoms with Crippen LogP contribution in [-0.2, 0) is 4.79 Å². The fourth-order valence-corrected chi connectivity index (χ4v) is 1.99. The molecule has 0 aromatic heterocycles. The molecule has 1 fully saturated rings. The van der Waals surface area contributed by atoms with Crippen LogP contribution < -0.4 is 0 Å². The fraction of sp³-hybridized carbons (Fsp3) is 0.900. The molecule has 1 saturated heterocycles. The minimum absolute atomic E-state index is 0.0609. The highest BCUT2D eigenvalue weighted by Crippen LogP contribution is 2.29. The molecule has 15 heavy (non-hydrogen) atoms. The third-order valence-electron chi connectivity index (χ3n) is 2.81. The second-order valence-electron chi connectivity index (χ2n) is 4.42. The number of carboxylic acid groups (broad SMARTS) is 1. The van der Waals surface area contributed by atoms with Crippen molar-refractivity contribution in [1.29, 1.82) is 0 Å². The van der Waals surface area contributed by atoms with Gasteiger partial charge in [-0.05, 0) is 5.92 Å². The van der Waals surface area contributed by atoms with Gasteiger partial charge in [-0.25, -0.2) is 8.78 Å². The van der Waals surface area contributed by atoms with Gasteiger partial charge in [0.05, 0.1) is 0 Å². The third-order valence-corrected chi connectivity index (χ3v) is 2.81. The summed E-state index contributed by atoms with van der Waals surface area (Å²) in [5.74, 6) is -3.60. The normalized spacial score (nSPS) is 24.1. The van der Waals surface area contributed by atoms with Gasteiger partial charge in [-0.1, -0.05) is 13.8 Å². The Morgan fingerprint density at radius 2 is 1.80 bits per heavy atom. The van der Waals surface area contributed by atoms with Crippen LogP contribution in [-0.4, -0.2) is 41.0 Å². The number of carbonyl (C=O) groups is 1. The molecule has 1 aliphatic rings. The van der Waals surface area contributed by atoms with E-state index in [1.165, 1.54) is 0 Å². The molecule has 1 unspecified atom stereocenters. The predicted molar refractivity (Wildman–Crippen MR) is 52.0 cm³/mol. The van der Waals surface area contributed by atoms with Gasteiger partial charge in [-0.3, -0.25) is 9.69 Å². The van der Waals surface area contributed by atoms with Crippen molar-refractivity contribution >= 4 is 5.97 Å². The highest BCUT2D eigenvalue weighted by molar-refractivity contribution is 5.73. The Hall–Kier alpha value is -0.710. The van der Waals surface area contributed by atoms with Gasteiger partial charge in [-0.15, -0.1) is 0 Å². The van der Waals surface area contributed by atoms with E-state index in [0.717, 1.165) is 0 Å². The van der Waals surface area contributed by atoms with E-state index in [2.05, 4.69) is 0 Å². The Bertz CT molecular complexity index is 234. The maximum absolute atomic E-state index is 12.9. The minimum Gasteiger partial charge on any atom is -0.480 e. The Morgan fingerprint density at radius 1 is 1.33 bits per heavy atom. The van der Waals surface area contributed by atoms with Gasteiger partial charge in [0.25, 0.3) is 5.92 Å². The molecule has 88 valence electrons. The molecule has 0 aromatic carbocycles. The second-order valence-corrected chi connectivity index (χ2v) is 4.42. The Balaban J connectivity index is 2.61. The molecule has 0 saturated carbocycles. The van der Waals surface area contributed by atoms with Gasteiger partial charge >= 0.3 is 5.97 Å². The number of aliphatic carboxylic acids is 1. The summed E-state index contributed by atoms with van der Waals surface area (Å²) in [4.78, 5) is 12.6. The van der Waals surface area contributed by atoms with Gasteiger partial charge < -0.3 is 5.11 Å². The first-order valence-corrected chi connectivity index (χ1v) is 5.18. The van der Waals surface area contributed by atoms with E-state index in [9.17, 15) is 13.6 Å². The van der Waals surface area contributed by atoms with E-state index < -0.39 is 17.9 Å². The van der Waals surface area contributed by atoms with Crippen molar-refractivity contribution in [3.05, 3.63) is 0 Å². The van der Waals surface area contributed by atoms with Crippen LogP contribution in [0.25, 0.3) is 0 Å². The van der Waals surface area contributed by atoms with Crippen LogP contribution in [0.15, 0.2) is 0 Å². The van der Waals surface area contributed by atoms with Crippen LogP contribution in [0.1, 0.15) is 26.7 Å². The highest BCUT2D eigenvalue weighted by atomic mass is 19.3. The van der Waals surface area contributed by atoms with Gasteiger partial charge in [0.1, 0.15) is 6.04 Å². The van der Waals surface area contributed by atoms with Crippen molar-refractivity contribution in [3.63, 3.8) is 0 Å². The molecule has 1 heterocycles.